The molecule has 0 aliphatic carbocycles. The van der Waals surface area contributed by atoms with Gasteiger partial charge in [-0.25, -0.2) is 4.98 Å². The van der Waals surface area contributed by atoms with Gasteiger partial charge in [0.25, 0.3) is 0 Å². The van der Waals surface area contributed by atoms with Gasteiger partial charge in [-0.2, -0.15) is 0 Å². The average Bonchev–Trinajstić information content (AvgIpc) is 2.77. The van der Waals surface area contributed by atoms with Gasteiger partial charge in [-0.15, -0.1) is 0 Å². The third kappa shape index (κ3) is 4.07. The Labute approximate surface area is 127 Å². The van der Waals surface area contributed by atoms with Gasteiger partial charge >= 0.3 is 0 Å². The zero-order valence-electron chi connectivity index (χ0n) is 12.6. The summed E-state index contributed by atoms with van der Waals surface area (Å²) in [6.07, 6.45) is 0. The molecule has 0 saturated carbocycles. The minimum absolute atomic E-state index is 0.153. The number of carbonyl (C=O) groups is 2. The van der Waals surface area contributed by atoms with Crippen LogP contribution in [-0.4, -0.2) is 27.5 Å². The van der Waals surface area contributed by atoms with Gasteiger partial charge in [0.2, 0.25) is 11.8 Å². The molecule has 0 fully saturated rings. The zero-order valence-corrected chi connectivity index (χ0v) is 13.4. The highest BCUT2D eigenvalue weighted by Gasteiger charge is 2.23. The third-order valence-electron chi connectivity index (χ3n) is 2.89. The molecule has 0 aliphatic rings. The largest absolute Gasteiger partial charge is 0.333 e. The van der Waals surface area contributed by atoms with Gasteiger partial charge in [0.05, 0.1) is 16.8 Å². The second-order valence-electron chi connectivity index (χ2n) is 5.98. The molecule has 5 nitrogen and oxygen atoms in total. The number of fused-ring (bicyclic) bond motifs is 1. The Morgan fingerprint density at radius 2 is 2.05 bits per heavy atom. The SMILES string of the molecule is Cc1ccc2nc(SCC(=O)NC(=O)C(C)(C)C)[nH]c2c1. The van der Waals surface area contributed by atoms with E-state index in [1.165, 1.54) is 11.8 Å². The van der Waals surface area contributed by atoms with Crippen LogP contribution in [0.4, 0.5) is 0 Å². The summed E-state index contributed by atoms with van der Waals surface area (Å²) in [6, 6.07) is 5.94. The summed E-state index contributed by atoms with van der Waals surface area (Å²) in [5.74, 6) is -0.425. The van der Waals surface area contributed by atoms with Gasteiger partial charge in [-0.3, -0.25) is 14.9 Å². The molecule has 0 saturated heterocycles. The number of imide groups is 1. The Bertz CT molecular complexity index is 686. The van der Waals surface area contributed by atoms with Crippen molar-refractivity contribution in [3.63, 3.8) is 0 Å². The number of rotatable bonds is 3. The lowest BCUT2D eigenvalue weighted by molar-refractivity contribution is -0.134. The fourth-order valence-corrected chi connectivity index (χ4v) is 2.34. The lowest BCUT2D eigenvalue weighted by Gasteiger charge is -2.16. The first-order chi connectivity index (χ1) is 9.75. The van der Waals surface area contributed by atoms with E-state index in [2.05, 4.69) is 15.3 Å². The molecule has 0 aliphatic heterocycles. The molecule has 2 rings (SSSR count). The summed E-state index contributed by atoms with van der Waals surface area (Å²) < 4.78 is 0. The Balaban J connectivity index is 1.95. The Kier molecular flexibility index (Phi) is 4.37. The molecule has 1 heterocycles. The van der Waals surface area contributed by atoms with Crippen LogP contribution in [-0.2, 0) is 9.59 Å². The number of thioether (sulfide) groups is 1. The first kappa shape index (κ1) is 15.6. The van der Waals surface area contributed by atoms with E-state index in [0.717, 1.165) is 16.6 Å². The molecule has 1 aromatic heterocycles. The number of amides is 2. The molecule has 2 aromatic rings. The smallest absolute Gasteiger partial charge is 0.237 e. The van der Waals surface area contributed by atoms with Crippen LogP contribution >= 0.6 is 11.8 Å². The molecular formula is C15H19N3O2S. The van der Waals surface area contributed by atoms with Crippen molar-refractivity contribution in [3.05, 3.63) is 23.8 Å². The summed E-state index contributed by atoms with van der Waals surface area (Å²) in [4.78, 5) is 31.0. The number of imidazole rings is 1. The second kappa shape index (κ2) is 5.89. The summed E-state index contributed by atoms with van der Waals surface area (Å²) in [5, 5.41) is 3.07. The van der Waals surface area contributed by atoms with Gasteiger partial charge < -0.3 is 4.98 Å². The average molecular weight is 305 g/mol. The lowest BCUT2D eigenvalue weighted by atomic mass is 9.96. The van der Waals surface area contributed by atoms with Crippen LogP contribution < -0.4 is 5.32 Å². The van der Waals surface area contributed by atoms with Gasteiger partial charge in [0.1, 0.15) is 0 Å². The standard InChI is InChI=1S/C15H19N3O2S/c1-9-5-6-10-11(7-9)17-14(16-10)21-8-12(19)18-13(20)15(2,3)4/h5-7H,8H2,1-4H3,(H,16,17)(H,18,19,20). The van der Waals surface area contributed by atoms with E-state index in [-0.39, 0.29) is 17.6 Å². The quantitative estimate of drug-likeness (QED) is 0.855. The fraction of sp³-hybridized carbons (Fsp3) is 0.400. The number of hydrogen-bond donors (Lipinski definition) is 2. The first-order valence-electron chi connectivity index (χ1n) is 6.69. The van der Waals surface area contributed by atoms with Gasteiger partial charge in [0.15, 0.2) is 5.16 Å². The highest BCUT2D eigenvalue weighted by Crippen LogP contribution is 2.20. The minimum atomic E-state index is -0.572. The van der Waals surface area contributed by atoms with Gasteiger partial charge in [-0.05, 0) is 24.6 Å². The van der Waals surface area contributed by atoms with Crippen molar-refractivity contribution in [3.8, 4) is 0 Å². The Hall–Kier alpha value is -1.82. The molecule has 2 N–H and O–H groups in total. The predicted octanol–water partition coefficient (Wildman–Crippen LogP) is 2.65. The van der Waals surface area contributed by atoms with Crippen LogP contribution in [0.15, 0.2) is 23.4 Å². The van der Waals surface area contributed by atoms with Crippen molar-refractivity contribution >= 4 is 34.6 Å². The summed E-state index contributed by atoms with van der Waals surface area (Å²) >= 11 is 1.28. The van der Waals surface area contributed by atoms with Crippen LogP contribution in [0.3, 0.4) is 0 Å². The number of aryl methyl sites for hydroxylation is 1. The van der Waals surface area contributed by atoms with Crippen LogP contribution in [0.1, 0.15) is 26.3 Å². The molecule has 0 spiro atoms. The van der Waals surface area contributed by atoms with E-state index < -0.39 is 5.41 Å². The number of nitrogens with zero attached hydrogens (tertiary/aromatic N) is 1. The van der Waals surface area contributed by atoms with Crippen molar-refractivity contribution in [2.45, 2.75) is 32.9 Å². The van der Waals surface area contributed by atoms with Crippen LogP contribution in [0.2, 0.25) is 0 Å². The third-order valence-corrected chi connectivity index (χ3v) is 3.76. The lowest BCUT2D eigenvalue weighted by Crippen LogP contribution is -2.39. The minimum Gasteiger partial charge on any atom is -0.333 e. The molecule has 112 valence electrons. The molecule has 0 unspecified atom stereocenters. The molecule has 6 heteroatoms. The number of carbonyl (C=O) groups excluding carboxylic acids is 2. The molecule has 0 bridgehead atoms. The number of hydrogen-bond acceptors (Lipinski definition) is 4. The maximum Gasteiger partial charge on any atom is 0.237 e. The van der Waals surface area contributed by atoms with Crippen LogP contribution in [0.5, 0.6) is 0 Å². The molecule has 2 amide bonds. The second-order valence-corrected chi connectivity index (χ2v) is 6.94. The summed E-state index contributed by atoms with van der Waals surface area (Å²) in [5.41, 5.74) is 2.39. The van der Waals surface area contributed by atoms with Crippen molar-refractivity contribution < 1.29 is 9.59 Å². The molecular weight excluding hydrogens is 286 g/mol. The summed E-state index contributed by atoms with van der Waals surface area (Å²) in [7, 11) is 0. The predicted molar refractivity (Wildman–Crippen MR) is 84.2 cm³/mol. The summed E-state index contributed by atoms with van der Waals surface area (Å²) in [6.45, 7) is 7.32. The number of nitrogens with one attached hydrogen (secondary N) is 2. The van der Waals surface area contributed by atoms with Crippen LogP contribution in [0.25, 0.3) is 11.0 Å². The van der Waals surface area contributed by atoms with E-state index in [1.807, 2.05) is 25.1 Å². The maximum absolute atomic E-state index is 11.7. The number of aromatic nitrogens is 2. The molecule has 0 atom stereocenters. The molecule has 21 heavy (non-hydrogen) atoms. The highest BCUT2D eigenvalue weighted by molar-refractivity contribution is 7.99. The van der Waals surface area contributed by atoms with Crippen molar-refractivity contribution in [2.75, 3.05) is 5.75 Å². The van der Waals surface area contributed by atoms with Crippen molar-refractivity contribution in [2.24, 2.45) is 5.41 Å². The number of aromatic amines is 1. The van der Waals surface area contributed by atoms with E-state index in [1.54, 1.807) is 20.8 Å². The monoisotopic (exact) mass is 305 g/mol. The molecule has 1 aromatic carbocycles. The number of H-pyrrole nitrogens is 1. The number of benzene rings is 1. The van der Waals surface area contributed by atoms with Crippen molar-refractivity contribution in [1.82, 2.24) is 15.3 Å². The Morgan fingerprint density at radius 1 is 1.33 bits per heavy atom. The van der Waals surface area contributed by atoms with Crippen LogP contribution in [0, 0.1) is 12.3 Å². The van der Waals surface area contributed by atoms with E-state index in [4.69, 9.17) is 0 Å². The Morgan fingerprint density at radius 3 is 2.71 bits per heavy atom. The van der Waals surface area contributed by atoms with Crippen molar-refractivity contribution in [1.29, 1.82) is 0 Å². The maximum atomic E-state index is 11.7. The highest BCUT2D eigenvalue weighted by atomic mass is 32.2. The topological polar surface area (TPSA) is 74.8 Å². The van der Waals surface area contributed by atoms with E-state index in [9.17, 15) is 9.59 Å². The van der Waals surface area contributed by atoms with E-state index >= 15 is 0 Å². The van der Waals surface area contributed by atoms with E-state index in [0.29, 0.717) is 5.16 Å². The molecule has 0 radical (unpaired) electrons. The first-order valence-corrected chi connectivity index (χ1v) is 7.68. The fourth-order valence-electron chi connectivity index (χ4n) is 1.65. The van der Waals surface area contributed by atoms with Gasteiger partial charge in [0, 0.05) is 5.41 Å². The zero-order chi connectivity index (χ0) is 15.6. The normalized spacial score (nSPS) is 11.6. The van der Waals surface area contributed by atoms with Gasteiger partial charge in [-0.1, -0.05) is 38.6 Å².